The standard InChI is InChI=1S/C20H27Br/c21-16-11-9-14(10-12-16)20-13-15-5-1-2-6-17(15)18-7-3-4-8-19(18)20/h2-3,6-7,14-16,19-20H,1,4-5,8-13H2. The third kappa shape index (κ3) is 2.71. The third-order valence-corrected chi connectivity index (χ3v) is 7.39. The lowest BCUT2D eigenvalue weighted by molar-refractivity contribution is 0.149. The summed E-state index contributed by atoms with van der Waals surface area (Å²) in [5.74, 6) is 3.72. The Morgan fingerprint density at radius 1 is 0.810 bits per heavy atom. The average Bonchev–Trinajstić information content (AvgIpc) is 2.55. The van der Waals surface area contributed by atoms with Gasteiger partial charge in [-0.25, -0.2) is 0 Å². The molecule has 114 valence electrons. The van der Waals surface area contributed by atoms with Crippen molar-refractivity contribution in [1.29, 1.82) is 0 Å². The predicted molar refractivity (Wildman–Crippen MR) is 93.5 cm³/mol. The van der Waals surface area contributed by atoms with Crippen LogP contribution in [0.3, 0.4) is 0 Å². The summed E-state index contributed by atoms with van der Waals surface area (Å²) in [6, 6.07) is 0. The molecule has 0 aromatic rings. The maximum Gasteiger partial charge on any atom is 0.0146 e. The normalized spacial score (nSPS) is 42.6. The Hall–Kier alpha value is -0.300. The van der Waals surface area contributed by atoms with Crippen molar-refractivity contribution >= 4 is 15.9 Å². The Morgan fingerprint density at radius 2 is 1.52 bits per heavy atom. The van der Waals surface area contributed by atoms with Gasteiger partial charge < -0.3 is 0 Å². The molecular formula is C20H27Br. The Labute approximate surface area is 137 Å². The van der Waals surface area contributed by atoms with Crippen LogP contribution in [-0.2, 0) is 0 Å². The van der Waals surface area contributed by atoms with Crippen LogP contribution < -0.4 is 0 Å². The molecule has 0 saturated heterocycles. The van der Waals surface area contributed by atoms with Gasteiger partial charge in [0.2, 0.25) is 0 Å². The Morgan fingerprint density at radius 3 is 2.33 bits per heavy atom. The van der Waals surface area contributed by atoms with Gasteiger partial charge in [0.15, 0.2) is 0 Å². The van der Waals surface area contributed by atoms with E-state index in [0.29, 0.717) is 0 Å². The van der Waals surface area contributed by atoms with Gasteiger partial charge in [-0.05, 0) is 92.6 Å². The van der Waals surface area contributed by atoms with Crippen molar-refractivity contribution in [3.05, 3.63) is 35.5 Å². The maximum atomic E-state index is 3.83. The number of halogens is 1. The van der Waals surface area contributed by atoms with Crippen molar-refractivity contribution in [3.63, 3.8) is 0 Å². The van der Waals surface area contributed by atoms with Crippen molar-refractivity contribution in [3.8, 4) is 0 Å². The molecule has 0 bridgehead atoms. The smallest absolute Gasteiger partial charge is 0.0146 e. The first-order valence-electron chi connectivity index (χ1n) is 9.04. The van der Waals surface area contributed by atoms with Crippen LogP contribution in [0.4, 0.5) is 0 Å². The summed E-state index contributed by atoms with van der Waals surface area (Å²) in [5, 5.41) is 0. The van der Waals surface area contributed by atoms with E-state index >= 15 is 0 Å². The fourth-order valence-electron chi connectivity index (χ4n) is 5.42. The van der Waals surface area contributed by atoms with Crippen molar-refractivity contribution < 1.29 is 0 Å². The van der Waals surface area contributed by atoms with E-state index in [-0.39, 0.29) is 0 Å². The van der Waals surface area contributed by atoms with Crippen molar-refractivity contribution in [2.24, 2.45) is 23.7 Å². The number of rotatable bonds is 1. The van der Waals surface area contributed by atoms with E-state index in [1.165, 1.54) is 57.8 Å². The molecule has 0 aromatic heterocycles. The van der Waals surface area contributed by atoms with E-state index in [9.17, 15) is 0 Å². The summed E-state index contributed by atoms with van der Waals surface area (Å²) < 4.78 is 0. The summed E-state index contributed by atoms with van der Waals surface area (Å²) in [7, 11) is 0. The van der Waals surface area contributed by atoms with Crippen LogP contribution in [0, 0.1) is 23.7 Å². The molecule has 1 saturated carbocycles. The molecule has 0 aromatic carbocycles. The fourth-order valence-corrected chi connectivity index (χ4v) is 5.95. The van der Waals surface area contributed by atoms with Crippen LogP contribution in [0.25, 0.3) is 0 Å². The average molecular weight is 347 g/mol. The topological polar surface area (TPSA) is 0 Å². The molecule has 0 heterocycles. The van der Waals surface area contributed by atoms with Gasteiger partial charge in [-0.1, -0.05) is 40.2 Å². The zero-order valence-corrected chi connectivity index (χ0v) is 14.5. The highest BCUT2D eigenvalue weighted by atomic mass is 79.9. The van der Waals surface area contributed by atoms with E-state index < -0.39 is 0 Å². The first-order chi connectivity index (χ1) is 10.3. The second kappa shape index (κ2) is 6.07. The lowest BCUT2D eigenvalue weighted by Gasteiger charge is -2.45. The lowest BCUT2D eigenvalue weighted by atomic mass is 9.60. The molecule has 4 rings (SSSR count). The maximum absolute atomic E-state index is 3.83. The minimum Gasteiger partial charge on any atom is -0.0891 e. The predicted octanol–water partition coefficient (Wildman–Crippen LogP) is 6.19. The van der Waals surface area contributed by atoms with E-state index in [2.05, 4.69) is 40.2 Å². The molecule has 1 heteroatoms. The van der Waals surface area contributed by atoms with E-state index in [4.69, 9.17) is 0 Å². The molecule has 4 aliphatic carbocycles. The molecule has 0 aliphatic heterocycles. The van der Waals surface area contributed by atoms with E-state index in [0.717, 1.165) is 28.5 Å². The second-order valence-corrected chi connectivity index (χ2v) is 8.88. The van der Waals surface area contributed by atoms with Crippen molar-refractivity contribution in [2.45, 2.75) is 62.6 Å². The van der Waals surface area contributed by atoms with E-state index in [1.807, 2.05) is 0 Å². The Balaban J connectivity index is 1.63. The zero-order chi connectivity index (χ0) is 14.2. The van der Waals surface area contributed by atoms with Crippen molar-refractivity contribution in [1.82, 2.24) is 0 Å². The van der Waals surface area contributed by atoms with Gasteiger partial charge in [-0.2, -0.15) is 0 Å². The molecule has 3 unspecified atom stereocenters. The number of alkyl halides is 1. The molecule has 1 fully saturated rings. The van der Waals surface area contributed by atoms with E-state index in [1.54, 1.807) is 11.1 Å². The van der Waals surface area contributed by atoms with Gasteiger partial charge in [-0.15, -0.1) is 0 Å². The first kappa shape index (κ1) is 14.3. The summed E-state index contributed by atoms with van der Waals surface area (Å²) in [6.07, 6.45) is 22.4. The number of hydrogen-bond donors (Lipinski definition) is 0. The Bertz CT molecular complexity index is 476. The van der Waals surface area contributed by atoms with Gasteiger partial charge >= 0.3 is 0 Å². The molecule has 0 N–H and O–H groups in total. The number of allylic oxidation sites excluding steroid dienone is 6. The lowest BCUT2D eigenvalue weighted by Crippen LogP contribution is -2.35. The molecule has 0 spiro atoms. The van der Waals surface area contributed by atoms with Crippen LogP contribution in [0.1, 0.15) is 57.8 Å². The highest BCUT2D eigenvalue weighted by Gasteiger charge is 2.40. The van der Waals surface area contributed by atoms with Gasteiger partial charge in [0.05, 0.1) is 0 Å². The van der Waals surface area contributed by atoms with Gasteiger partial charge in [-0.3, -0.25) is 0 Å². The molecule has 3 atom stereocenters. The van der Waals surface area contributed by atoms with Crippen LogP contribution >= 0.6 is 15.9 Å². The van der Waals surface area contributed by atoms with Gasteiger partial charge in [0, 0.05) is 4.83 Å². The van der Waals surface area contributed by atoms with Gasteiger partial charge in [0.25, 0.3) is 0 Å². The molecule has 0 amide bonds. The third-order valence-electron chi connectivity index (χ3n) is 6.47. The number of hydrogen-bond acceptors (Lipinski definition) is 0. The minimum atomic E-state index is 0.798. The Kier molecular flexibility index (Phi) is 4.13. The molecule has 4 aliphatic rings. The quantitative estimate of drug-likeness (QED) is 0.496. The first-order valence-corrected chi connectivity index (χ1v) is 9.95. The summed E-state index contributed by atoms with van der Waals surface area (Å²) in [6.45, 7) is 0. The monoisotopic (exact) mass is 346 g/mol. The fraction of sp³-hybridized carbons (Fsp3) is 0.700. The van der Waals surface area contributed by atoms with Gasteiger partial charge in [0.1, 0.15) is 0 Å². The molecular weight excluding hydrogens is 320 g/mol. The second-order valence-electron chi connectivity index (χ2n) is 7.59. The highest BCUT2D eigenvalue weighted by molar-refractivity contribution is 9.09. The zero-order valence-electron chi connectivity index (χ0n) is 12.9. The molecule has 21 heavy (non-hydrogen) atoms. The largest absolute Gasteiger partial charge is 0.0891 e. The van der Waals surface area contributed by atoms with Crippen LogP contribution in [0.2, 0.25) is 0 Å². The summed E-state index contributed by atoms with van der Waals surface area (Å²) in [4.78, 5) is 0.798. The highest BCUT2D eigenvalue weighted by Crippen LogP contribution is 2.51. The van der Waals surface area contributed by atoms with Crippen LogP contribution in [0.15, 0.2) is 35.5 Å². The van der Waals surface area contributed by atoms with Crippen molar-refractivity contribution in [2.75, 3.05) is 0 Å². The molecule has 0 radical (unpaired) electrons. The summed E-state index contributed by atoms with van der Waals surface area (Å²) in [5.41, 5.74) is 3.45. The summed E-state index contributed by atoms with van der Waals surface area (Å²) >= 11 is 3.83. The minimum absolute atomic E-state index is 0.798. The SMILES string of the molecule is BrC1CCC(C2CC3CCC=CC3=C3C=CCCC32)CC1. The van der Waals surface area contributed by atoms with Crippen LogP contribution in [-0.4, -0.2) is 4.83 Å². The van der Waals surface area contributed by atoms with Crippen LogP contribution in [0.5, 0.6) is 0 Å². The molecule has 0 nitrogen and oxygen atoms in total. The number of fused-ring (bicyclic) bond motifs is 2.